The molecule has 31 heavy (non-hydrogen) atoms. The molecule has 0 aromatic heterocycles. The van der Waals surface area contributed by atoms with Crippen LogP contribution in [0.25, 0.3) is 12.2 Å². The van der Waals surface area contributed by atoms with Crippen LogP contribution < -0.4 is 0 Å². The van der Waals surface area contributed by atoms with Gasteiger partial charge in [0.25, 0.3) is 0 Å². The minimum absolute atomic E-state index is 0.313. The third-order valence-electron chi connectivity index (χ3n) is 5.83. The minimum atomic E-state index is -3.65. The molecule has 154 valence electrons. The molecule has 0 radical (unpaired) electrons. The third-order valence-corrected chi connectivity index (χ3v) is 7.71. The monoisotopic (exact) mass is 425 g/mol. The Morgan fingerprint density at radius 2 is 1.13 bits per heavy atom. The van der Waals surface area contributed by atoms with Gasteiger partial charge < -0.3 is 0 Å². The van der Waals surface area contributed by atoms with Crippen molar-refractivity contribution in [2.45, 2.75) is 23.9 Å². The van der Waals surface area contributed by atoms with E-state index < -0.39 is 10.0 Å². The first-order valence-electron chi connectivity index (χ1n) is 10.4. The van der Waals surface area contributed by atoms with E-state index in [1.54, 1.807) is 16.4 Å². The first-order valence-corrected chi connectivity index (χ1v) is 11.8. The molecule has 2 aliphatic heterocycles. The van der Waals surface area contributed by atoms with Crippen molar-refractivity contribution in [3.05, 3.63) is 125 Å². The molecule has 0 spiro atoms. The van der Waals surface area contributed by atoms with Crippen LogP contribution in [-0.4, -0.2) is 24.8 Å². The van der Waals surface area contributed by atoms with Gasteiger partial charge in [0.15, 0.2) is 0 Å². The summed E-state index contributed by atoms with van der Waals surface area (Å²) in [6.45, 7) is 1.96. The number of nitrogens with zero attached hydrogens (tertiary/aromatic N) is 1. The molecule has 2 bridgehead atoms. The summed E-state index contributed by atoms with van der Waals surface area (Å²) in [7, 11) is -3.65. The Morgan fingerprint density at radius 3 is 1.58 bits per heavy atom. The van der Waals surface area contributed by atoms with Crippen LogP contribution in [0.15, 0.2) is 113 Å². The summed E-state index contributed by atoms with van der Waals surface area (Å²) < 4.78 is 28.9. The predicted octanol–water partition coefficient (Wildman–Crippen LogP) is 5.47. The molecule has 5 rings (SSSR count). The van der Waals surface area contributed by atoms with E-state index in [1.807, 2.05) is 91.9 Å². The highest BCUT2D eigenvalue weighted by Gasteiger charge is 2.49. The summed E-state index contributed by atoms with van der Waals surface area (Å²) in [5.41, 5.74) is 5.21. The smallest absolute Gasteiger partial charge is 0.207 e. The van der Waals surface area contributed by atoms with Gasteiger partial charge in [0.1, 0.15) is 0 Å². The van der Waals surface area contributed by atoms with Gasteiger partial charge in [-0.2, -0.15) is 4.31 Å². The van der Waals surface area contributed by atoms with Gasteiger partial charge in [0.05, 0.1) is 17.0 Å². The van der Waals surface area contributed by atoms with Crippen molar-refractivity contribution < 1.29 is 8.42 Å². The molecule has 2 aliphatic rings. The second-order valence-corrected chi connectivity index (χ2v) is 9.79. The average molecular weight is 426 g/mol. The van der Waals surface area contributed by atoms with Crippen LogP contribution in [-0.2, 0) is 10.0 Å². The standard InChI is InChI=1S/C27H23NO2S/c1-20-12-14-23(15-13-20)31(29,30)28-26-16-17-27(28)25(19-22-10-6-3-7-11-22)24(26)18-21-8-4-2-5-9-21/h2-19,26-27H,1H3/b24-18-,25-19+/t26-,27+/m1/s1. The zero-order valence-corrected chi connectivity index (χ0v) is 18.0. The first kappa shape index (κ1) is 19.7. The fourth-order valence-corrected chi connectivity index (χ4v) is 5.99. The molecule has 0 unspecified atom stereocenters. The quantitative estimate of drug-likeness (QED) is 0.520. The van der Waals surface area contributed by atoms with Crippen LogP contribution >= 0.6 is 0 Å². The van der Waals surface area contributed by atoms with Crippen molar-refractivity contribution in [2.24, 2.45) is 0 Å². The van der Waals surface area contributed by atoms with Crippen molar-refractivity contribution in [2.75, 3.05) is 0 Å². The van der Waals surface area contributed by atoms with E-state index in [0.29, 0.717) is 4.90 Å². The molecule has 0 aliphatic carbocycles. The van der Waals surface area contributed by atoms with Crippen LogP contribution in [0.3, 0.4) is 0 Å². The van der Waals surface area contributed by atoms with E-state index in [9.17, 15) is 8.42 Å². The molecule has 1 fully saturated rings. The first-order chi connectivity index (χ1) is 15.0. The summed E-state index contributed by atoms with van der Waals surface area (Å²) in [5, 5.41) is 0. The lowest BCUT2D eigenvalue weighted by Gasteiger charge is -2.21. The summed E-state index contributed by atoms with van der Waals surface area (Å²) in [6.07, 6.45) is 8.24. The minimum Gasteiger partial charge on any atom is -0.207 e. The van der Waals surface area contributed by atoms with Crippen molar-refractivity contribution in [3.63, 3.8) is 0 Å². The summed E-state index contributed by atoms with van der Waals surface area (Å²) in [5.74, 6) is 0. The lowest BCUT2D eigenvalue weighted by Crippen LogP contribution is -2.36. The Balaban J connectivity index is 1.64. The van der Waals surface area contributed by atoms with Crippen LogP contribution in [0.4, 0.5) is 0 Å². The summed E-state index contributed by atoms with van der Waals surface area (Å²) >= 11 is 0. The van der Waals surface area contributed by atoms with Crippen molar-refractivity contribution >= 4 is 22.2 Å². The molecule has 0 amide bonds. The Labute approximate surface area is 183 Å². The van der Waals surface area contributed by atoms with E-state index in [1.165, 1.54) is 0 Å². The van der Waals surface area contributed by atoms with E-state index in [4.69, 9.17) is 0 Å². The maximum absolute atomic E-state index is 13.6. The van der Waals surface area contributed by atoms with Crippen LogP contribution in [0.2, 0.25) is 0 Å². The van der Waals surface area contributed by atoms with Gasteiger partial charge in [-0.15, -0.1) is 0 Å². The number of aryl methyl sites for hydroxylation is 1. The van der Waals surface area contributed by atoms with Crippen molar-refractivity contribution in [1.82, 2.24) is 4.31 Å². The lowest BCUT2D eigenvalue weighted by molar-refractivity contribution is 0.432. The summed E-state index contributed by atoms with van der Waals surface area (Å²) in [6, 6.07) is 26.6. The number of hydrogen-bond donors (Lipinski definition) is 0. The van der Waals surface area contributed by atoms with Gasteiger partial charge in [0, 0.05) is 0 Å². The SMILES string of the molecule is Cc1ccc(S(=O)(=O)N2[C@@H]3C=C[C@H]2C(=C/c2ccccc2)/C3=C/c2ccccc2)cc1. The number of sulfonamides is 1. The lowest BCUT2D eigenvalue weighted by atomic mass is 9.91. The molecule has 3 aromatic rings. The molecular weight excluding hydrogens is 402 g/mol. The fraction of sp³-hybridized carbons (Fsp3) is 0.111. The van der Waals surface area contributed by atoms with Crippen LogP contribution in [0, 0.1) is 6.92 Å². The highest BCUT2D eigenvalue weighted by atomic mass is 32.2. The molecule has 3 nitrogen and oxygen atoms in total. The number of fused-ring (bicyclic) bond motifs is 2. The van der Waals surface area contributed by atoms with Gasteiger partial charge in [-0.05, 0) is 53.5 Å². The second-order valence-electron chi connectivity index (χ2n) is 7.94. The normalized spacial score (nSPS) is 23.1. The van der Waals surface area contributed by atoms with Gasteiger partial charge in [0.2, 0.25) is 10.0 Å². The Kier molecular flexibility index (Phi) is 4.97. The molecule has 2 atom stereocenters. The van der Waals surface area contributed by atoms with Crippen molar-refractivity contribution in [1.29, 1.82) is 0 Å². The van der Waals surface area contributed by atoms with E-state index in [-0.39, 0.29) is 12.1 Å². The Hall–Kier alpha value is -3.21. The zero-order chi connectivity index (χ0) is 21.4. The Bertz CT molecular complexity index is 1220. The van der Waals surface area contributed by atoms with Gasteiger partial charge >= 0.3 is 0 Å². The third kappa shape index (κ3) is 3.58. The van der Waals surface area contributed by atoms with E-state index in [0.717, 1.165) is 27.8 Å². The molecule has 4 heteroatoms. The molecule has 0 N–H and O–H groups in total. The molecule has 1 saturated heterocycles. The average Bonchev–Trinajstić information content (AvgIpc) is 3.34. The topological polar surface area (TPSA) is 37.4 Å². The number of hydrogen-bond acceptors (Lipinski definition) is 2. The van der Waals surface area contributed by atoms with Gasteiger partial charge in [-0.1, -0.05) is 90.5 Å². The van der Waals surface area contributed by atoms with E-state index >= 15 is 0 Å². The predicted molar refractivity (Wildman–Crippen MR) is 126 cm³/mol. The van der Waals surface area contributed by atoms with Gasteiger partial charge in [-0.3, -0.25) is 0 Å². The van der Waals surface area contributed by atoms with Crippen LogP contribution in [0.5, 0.6) is 0 Å². The zero-order valence-electron chi connectivity index (χ0n) is 17.2. The van der Waals surface area contributed by atoms with E-state index in [2.05, 4.69) is 12.2 Å². The molecular formula is C27H23NO2S. The highest BCUT2D eigenvalue weighted by Crippen LogP contribution is 2.45. The van der Waals surface area contributed by atoms with Crippen LogP contribution in [0.1, 0.15) is 16.7 Å². The molecule has 2 heterocycles. The second kappa shape index (κ2) is 7.80. The van der Waals surface area contributed by atoms with Gasteiger partial charge in [-0.25, -0.2) is 8.42 Å². The maximum atomic E-state index is 13.6. The molecule has 3 aromatic carbocycles. The largest absolute Gasteiger partial charge is 0.244 e. The van der Waals surface area contributed by atoms with Crippen molar-refractivity contribution in [3.8, 4) is 0 Å². The highest BCUT2D eigenvalue weighted by molar-refractivity contribution is 7.89. The maximum Gasteiger partial charge on any atom is 0.244 e. The fourth-order valence-electron chi connectivity index (χ4n) is 4.30. The Morgan fingerprint density at radius 1 is 0.677 bits per heavy atom. The number of benzene rings is 3. The summed E-state index contributed by atoms with van der Waals surface area (Å²) in [4.78, 5) is 0.330. The number of rotatable bonds is 4. The molecule has 0 saturated carbocycles.